The molecule has 8 heteroatoms. The molecule has 1 heterocycles. The molecule has 6 nitrogen and oxygen atoms in total. The SMILES string of the molecule is Nc1cc(S(=O)(=O)N2CCNC(=O)C2)ccc1Cl. The predicted octanol–water partition coefficient (Wildman–Crippen LogP) is 0.0427. The molecule has 0 atom stereocenters. The van der Waals surface area contributed by atoms with Crippen LogP contribution in [0.2, 0.25) is 5.02 Å². The summed E-state index contributed by atoms with van der Waals surface area (Å²) in [5.74, 6) is -0.313. The van der Waals surface area contributed by atoms with Crippen LogP contribution < -0.4 is 11.1 Å². The lowest BCUT2D eigenvalue weighted by Gasteiger charge is -2.26. The second-order valence-corrected chi connectivity index (χ2v) is 6.22. The Labute approximate surface area is 110 Å². The van der Waals surface area contributed by atoms with E-state index >= 15 is 0 Å². The van der Waals surface area contributed by atoms with Crippen LogP contribution in [0.5, 0.6) is 0 Å². The highest BCUT2D eigenvalue weighted by Gasteiger charge is 2.29. The minimum atomic E-state index is -3.70. The van der Waals surface area contributed by atoms with Crippen molar-refractivity contribution in [2.75, 3.05) is 25.4 Å². The average molecular weight is 290 g/mol. The summed E-state index contributed by atoms with van der Waals surface area (Å²) in [6.45, 7) is 0.378. The van der Waals surface area contributed by atoms with Gasteiger partial charge in [-0.15, -0.1) is 0 Å². The van der Waals surface area contributed by atoms with Gasteiger partial charge in [0.2, 0.25) is 15.9 Å². The van der Waals surface area contributed by atoms with Gasteiger partial charge in [0.1, 0.15) is 0 Å². The minimum Gasteiger partial charge on any atom is -0.397 e. The topological polar surface area (TPSA) is 92.5 Å². The van der Waals surface area contributed by atoms with Gasteiger partial charge in [0.25, 0.3) is 0 Å². The van der Waals surface area contributed by atoms with Crippen molar-refractivity contribution < 1.29 is 13.2 Å². The molecule has 3 N–H and O–H groups in total. The second kappa shape index (κ2) is 4.75. The third-order valence-corrected chi connectivity index (χ3v) is 4.79. The minimum absolute atomic E-state index is 0.0408. The molecule has 0 aliphatic carbocycles. The van der Waals surface area contributed by atoms with Crippen molar-refractivity contribution in [3.8, 4) is 0 Å². The monoisotopic (exact) mass is 289 g/mol. The Balaban J connectivity index is 2.35. The van der Waals surface area contributed by atoms with Crippen molar-refractivity contribution in [1.29, 1.82) is 0 Å². The molecule has 1 aromatic carbocycles. The molecule has 1 aromatic rings. The normalized spacial score (nSPS) is 17.5. The number of hydrogen-bond acceptors (Lipinski definition) is 4. The van der Waals surface area contributed by atoms with Gasteiger partial charge < -0.3 is 11.1 Å². The number of nitrogens with zero attached hydrogens (tertiary/aromatic N) is 1. The lowest BCUT2D eigenvalue weighted by atomic mass is 10.3. The van der Waals surface area contributed by atoms with E-state index in [-0.39, 0.29) is 29.6 Å². The van der Waals surface area contributed by atoms with Gasteiger partial charge in [0.05, 0.1) is 22.2 Å². The Morgan fingerprint density at radius 1 is 1.39 bits per heavy atom. The fourth-order valence-corrected chi connectivity index (χ4v) is 3.20. The van der Waals surface area contributed by atoms with Crippen molar-refractivity contribution in [2.24, 2.45) is 0 Å². The number of nitrogens with one attached hydrogen (secondary N) is 1. The van der Waals surface area contributed by atoms with Crippen molar-refractivity contribution in [3.05, 3.63) is 23.2 Å². The Hall–Kier alpha value is -1.31. The zero-order chi connectivity index (χ0) is 13.3. The van der Waals surface area contributed by atoms with Gasteiger partial charge in [-0.3, -0.25) is 4.79 Å². The number of hydrogen-bond donors (Lipinski definition) is 2. The number of nitrogens with two attached hydrogens (primary N) is 1. The molecule has 1 aliphatic heterocycles. The third-order valence-electron chi connectivity index (χ3n) is 2.61. The van der Waals surface area contributed by atoms with E-state index in [9.17, 15) is 13.2 Å². The number of halogens is 1. The zero-order valence-electron chi connectivity index (χ0n) is 9.39. The number of piperazine rings is 1. The van der Waals surface area contributed by atoms with Crippen LogP contribution in [-0.2, 0) is 14.8 Å². The summed E-state index contributed by atoms with van der Waals surface area (Å²) in [4.78, 5) is 11.3. The van der Waals surface area contributed by atoms with Gasteiger partial charge >= 0.3 is 0 Å². The highest BCUT2D eigenvalue weighted by atomic mass is 35.5. The first-order chi connectivity index (χ1) is 8.41. The Kier molecular flexibility index (Phi) is 3.47. The highest BCUT2D eigenvalue weighted by molar-refractivity contribution is 7.89. The highest BCUT2D eigenvalue weighted by Crippen LogP contribution is 2.24. The van der Waals surface area contributed by atoms with Crippen LogP contribution in [0.3, 0.4) is 0 Å². The summed E-state index contributed by atoms with van der Waals surface area (Å²) in [6, 6.07) is 4.10. The van der Waals surface area contributed by atoms with Crippen LogP contribution in [0, 0.1) is 0 Å². The first-order valence-corrected chi connectivity index (χ1v) is 7.05. The molecule has 0 aromatic heterocycles. The smallest absolute Gasteiger partial charge is 0.243 e. The Morgan fingerprint density at radius 2 is 2.11 bits per heavy atom. The van der Waals surface area contributed by atoms with E-state index in [1.807, 2.05) is 0 Å². The average Bonchev–Trinajstić information content (AvgIpc) is 2.32. The number of sulfonamides is 1. The van der Waals surface area contributed by atoms with Crippen molar-refractivity contribution in [1.82, 2.24) is 9.62 Å². The summed E-state index contributed by atoms with van der Waals surface area (Å²) < 4.78 is 25.6. The van der Waals surface area contributed by atoms with Gasteiger partial charge in [0, 0.05) is 13.1 Å². The summed E-state index contributed by atoms with van der Waals surface area (Å²) >= 11 is 5.74. The molecule has 1 amide bonds. The fraction of sp³-hybridized carbons (Fsp3) is 0.300. The molecule has 0 spiro atoms. The molecule has 98 valence electrons. The first kappa shape index (κ1) is 13.1. The Morgan fingerprint density at radius 3 is 2.72 bits per heavy atom. The van der Waals surface area contributed by atoms with Crippen LogP contribution in [0.4, 0.5) is 5.69 Å². The molecule has 0 saturated carbocycles. The maximum Gasteiger partial charge on any atom is 0.243 e. The second-order valence-electron chi connectivity index (χ2n) is 3.87. The maximum atomic E-state index is 12.2. The summed E-state index contributed by atoms with van der Waals surface area (Å²) in [5, 5.41) is 2.86. The maximum absolute atomic E-state index is 12.2. The number of carbonyl (C=O) groups is 1. The van der Waals surface area contributed by atoms with E-state index in [4.69, 9.17) is 17.3 Å². The number of rotatable bonds is 2. The number of nitrogen functional groups attached to an aromatic ring is 1. The van der Waals surface area contributed by atoms with Gasteiger partial charge in [-0.25, -0.2) is 8.42 Å². The van der Waals surface area contributed by atoms with Crippen molar-refractivity contribution in [3.63, 3.8) is 0 Å². The summed E-state index contributed by atoms with van der Waals surface area (Å²) in [5.41, 5.74) is 5.77. The van der Waals surface area contributed by atoms with Crippen LogP contribution in [0.15, 0.2) is 23.1 Å². The molecule has 1 saturated heterocycles. The Bertz CT molecular complexity index is 588. The van der Waals surface area contributed by atoms with Gasteiger partial charge in [-0.2, -0.15) is 4.31 Å². The zero-order valence-corrected chi connectivity index (χ0v) is 11.0. The largest absolute Gasteiger partial charge is 0.397 e. The van der Waals surface area contributed by atoms with Crippen LogP contribution in [0.25, 0.3) is 0 Å². The van der Waals surface area contributed by atoms with E-state index in [0.717, 1.165) is 4.31 Å². The first-order valence-electron chi connectivity index (χ1n) is 5.23. The molecule has 2 rings (SSSR count). The fourth-order valence-electron chi connectivity index (χ4n) is 1.65. The van der Waals surface area contributed by atoms with Crippen LogP contribution in [0.1, 0.15) is 0 Å². The summed E-state index contributed by atoms with van der Waals surface area (Å²) in [6.07, 6.45) is 0. The van der Waals surface area contributed by atoms with E-state index in [1.165, 1.54) is 18.2 Å². The third kappa shape index (κ3) is 2.43. The van der Waals surface area contributed by atoms with Gasteiger partial charge in [-0.05, 0) is 18.2 Å². The number of anilines is 1. The number of amides is 1. The number of carbonyl (C=O) groups excluding carboxylic acids is 1. The van der Waals surface area contributed by atoms with Gasteiger partial charge in [0.15, 0.2) is 0 Å². The standard InChI is InChI=1S/C10H12ClN3O3S/c11-8-2-1-7(5-9(8)12)18(16,17)14-4-3-13-10(15)6-14/h1-2,5H,3-4,6,12H2,(H,13,15). The molecule has 1 fully saturated rings. The lowest BCUT2D eigenvalue weighted by Crippen LogP contribution is -2.49. The molecular weight excluding hydrogens is 278 g/mol. The van der Waals surface area contributed by atoms with E-state index in [0.29, 0.717) is 11.6 Å². The van der Waals surface area contributed by atoms with Crippen LogP contribution >= 0.6 is 11.6 Å². The molecular formula is C10H12ClN3O3S. The van der Waals surface area contributed by atoms with Crippen molar-refractivity contribution in [2.45, 2.75) is 4.90 Å². The molecule has 0 radical (unpaired) electrons. The predicted molar refractivity (Wildman–Crippen MR) is 67.6 cm³/mol. The number of benzene rings is 1. The van der Waals surface area contributed by atoms with Gasteiger partial charge in [-0.1, -0.05) is 11.6 Å². The van der Waals surface area contributed by atoms with Crippen molar-refractivity contribution >= 4 is 33.2 Å². The van der Waals surface area contributed by atoms with Crippen LogP contribution in [-0.4, -0.2) is 38.3 Å². The molecule has 0 unspecified atom stereocenters. The van der Waals surface area contributed by atoms with E-state index in [2.05, 4.69) is 5.32 Å². The molecule has 0 bridgehead atoms. The quantitative estimate of drug-likeness (QED) is 0.752. The molecule has 1 aliphatic rings. The van der Waals surface area contributed by atoms with E-state index < -0.39 is 10.0 Å². The molecule has 18 heavy (non-hydrogen) atoms. The lowest BCUT2D eigenvalue weighted by molar-refractivity contribution is -0.122. The van der Waals surface area contributed by atoms with E-state index in [1.54, 1.807) is 0 Å². The summed E-state index contributed by atoms with van der Waals surface area (Å²) in [7, 11) is -3.70.